The van der Waals surface area contributed by atoms with Crippen LogP contribution in [0.1, 0.15) is 31.2 Å². The monoisotopic (exact) mass is 157 g/mol. The second kappa shape index (κ2) is 3.01. The van der Waals surface area contributed by atoms with Crippen molar-refractivity contribution in [2.75, 3.05) is 0 Å². The maximum atomic E-state index is 10.9. The summed E-state index contributed by atoms with van der Waals surface area (Å²) in [7, 11) is 0. The maximum absolute atomic E-state index is 10.9. The molecule has 1 unspecified atom stereocenters. The average Bonchev–Trinajstić information content (AvgIpc) is 2.34. The fourth-order valence-corrected chi connectivity index (χ4v) is 1.66. The van der Waals surface area contributed by atoms with Gasteiger partial charge in [-0.25, -0.2) is 0 Å². The Bertz CT molecular complexity index is 209. The van der Waals surface area contributed by atoms with E-state index in [0.29, 0.717) is 5.92 Å². The summed E-state index contributed by atoms with van der Waals surface area (Å²) >= 11 is 1.53. The van der Waals surface area contributed by atoms with Crippen LogP contribution in [0.3, 0.4) is 0 Å². The smallest absolute Gasteiger partial charge is 0.251 e. The Morgan fingerprint density at radius 2 is 2.50 bits per heavy atom. The Morgan fingerprint density at radius 3 is 2.90 bits per heavy atom. The van der Waals surface area contributed by atoms with E-state index < -0.39 is 0 Å². The zero-order valence-electron chi connectivity index (χ0n) is 6.20. The highest BCUT2D eigenvalue weighted by molar-refractivity contribution is 7.09. The third-order valence-electron chi connectivity index (χ3n) is 1.64. The van der Waals surface area contributed by atoms with Crippen LogP contribution in [0.2, 0.25) is 0 Å². The quantitative estimate of drug-likeness (QED) is 0.475. The van der Waals surface area contributed by atoms with E-state index in [4.69, 9.17) is 0 Å². The Morgan fingerprint density at radius 1 is 1.80 bits per heavy atom. The van der Waals surface area contributed by atoms with Gasteiger partial charge in [0.05, 0.1) is 11.3 Å². The summed E-state index contributed by atoms with van der Waals surface area (Å²) in [5.41, 5.74) is 0. The van der Waals surface area contributed by atoms with E-state index in [1.807, 2.05) is 5.38 Å². The van der Waals surface area contributed by atoms with E-state index >= 15 is 0 Å². The van der Waals surface area contributed by atoms with Crippen LogP contribution in [0.5, 0.6) is 0 Å². The van der Waals surface area contributed by atoms with Gasteiger partial charge in [0.2, 0.25) is 0 Å². The van der Waals surface area contributed by atoms with E-state index in [1.54, 1.807) is 6.20 Å². The second-order valence-corrected chi connectivity index (χ2v) is 3.30. The fourth-order valence-electron chi connectivity index (χ4n) is 0.789. The van der Waals surface area contributed by atoms with Gasteiger partial charge in [-0.15, -0.1) is 0 Å². The van der Waals surface area contributed by atoms with E-state index in [-0.39, 0.29) is 0 Å². The summed E-state index contributed by atoms with van der Waals surface area (Å²) < 4.78 is 0.957. The Labute approximate surface area is 64.7 Å². The van der Waals surface area contributed by atoms with Crippen molar-refractivity contribution >= 4 is 11.3 Å². The third-order valence-corrected chi connectivity index (χ3v) is 2.72. The van der Waals surface area contributed by atoms with E-state index in [1.165, 1.54) is 11.3 Å². The molecular formula is C7H11NOS. The van der Waals surface area contributed by atoms with Crippen LogP contribution in [-0.2, 0) is 0 Å². The lowest BCUT2D eigenvalue weighted by molar-refractivity contribution is -0.609. The van der Waals surface area contributed by atoms with Crippen LogP contribution in [0.4, 0.5) is 0 Å². The van der Waals surface area contributed by atoms with Gasteiger partial charge in [-0.2, -0.15) is 4.73 Å². The number of aromatic nitrogens is 1. The first-order valence-electron chi connectivity index (χ1n) is 3.42. The molecule has 1 rings (SSSR count). The van der Waals surface area contributed by atoms with Crippen LogP contribution in [0, 0.1) is 5.21 Å². The minimum Gasteiger partial charge on any atom is -0.618 e. The molecule has 1 aromatic rings. The van der Waals surface area contributed by atoms with E-state index in [0.717, 1.165) is 16.2 Å². The first-order valence-corrected chi connectivity index (χ1v) is 4.30. The molecule has 0 saturated carbocycles. The molecule has 1 aromatic heterocycles. The van der Waals surface area contributed by atoms with Crippen LogP contribution in [0.25, 0.3) is 0 Å². The number of thiazole rings is 1. The zero-order chi connectivity index (χ0) is 7.56. The lowest BCUT2D eigenvalue weighted by Crippen LogP contribution is -2.28. The van der Waals surface area contributed by atoms with Crippen molar-refractivity contribution in [2.45, 2.75) is 26.2 Å². The highest BCUT2D eigenvalue weighted by Gasteiger charge is 2.13. The standard InChI is InChI=1S/C7H11NOS/c1-3-6(2)7-8(9)4-5-10-7/h4-6H,3H2,1-2H3. The summed E-state index contributed by atoms with van der Waals surface area (Å²) in [4.78, 5) is 0. The lowest BCUT2D eigenvalue weighted by Gasteiger charge is -2.02. The van der Waals surface area contributed by atoms with Crippen molar-refractivity contribution in [1.29, 1.82) is 0 Å². The first kappa shape index (κ1) is 7.54. The molecule has 0 fully saturated rings. The van der Waals surface area contributed by atoms with Crippen molar-refractivity contribution in [3.05, 3.63) is 21.8 Å². The molecule has 0 radical (unpaired) electrons. The average molecular weight is 157 g/mol. The topological polar surface area (TPSA) is 26.9 Å². The molecule has 0 saturated heterocycles. The largest absolute Gasteiger partial charge is 0.618 e. The van der Waals surface area contributed by atoms with Gasteiger partial charge >= 0.3 is 0 Å². The summed E-state index contributed by atoms with van der Waals surface area (Å²) in [6.45, 7) is 4.16. The highest BCUT2D eigenvalue weighted by atomic mass is 32.1. The first-order chi connectivity index (χ1) is 4.75. The summed E-state index contributed by atoms with van der Waals surface area (Å²) in [6.07, 6.45) is 2.59. The SMILES string of the molecule is CCC(C)c1scc[n+]1[O-]. The minimum atomic E-state index is 0.400. The van der Waals surface area contributed by atoms with Crippen molar-refractivity contribution in [3.63, 3.8) is 0 Å². The van der Waals surface area contributed by atoms with Crippen molar-refractivity contribution in [2.24, 2.45) is 0 Å². The molecule has 0 aliphatic rings. The molecule has 0 aliphatic heterocycles. The van der Waals surface area contributed by atoms with Gasteiger partial charge in [0.25, 0.3) is 5.01 Å². The predicted octanol–water partition coefficient (Wildman–Crippen LogP) is 1.89. The van der Waals surface area contributed by atoms with Crippen LogP contribution < -0.4 is 4.73 Å². The van der Waals surface area contributed by atoms with Crippen molar-refractivity contribution < 1.29 is 4.73 Å². The number of hydrogen-bond donors (Lipinski definition) is 0. The Kier molecular flexibility index (Phi) is 2.27. The third kappa shape index (κ3) is 1.29. The second-order valence-electron chi connectivity index (χ2n) is 2.38. The normalized spacial score (nSPS) is 13.4. The summed E-state index contributed by atoms with van der Waals surface area (Å²) in [5.74, 6) is 0.400. The van der Waals surface area contributed by atoms with E-state index in [9.17, 15) is 5.21 Å². The predicted molar refractivity (Wildman–Crippen MR) is 42.0 cm³/mol. The van der Waals surface area contributed by atoms with Crippen molar-refractivity contribution in [1.82, 2.24) is 0 Å². The summed E-state index contributed by atoms with van der Waals surface area (Å²) in [5, 5.41) is 13.7. The van der Waals surface area contributed by atoms with Crippen LogP contribution >= 0.6 is 11.3 Å². The maximum Gasteiger partial charge on any atom is 0.251 e. The molecular weight excluding hydrogens is 146 g/mol. The van der Waals surface area contributed by atoms with Gasteiger partial charge in [-0.05, 0) is 6.42 Å². The molecule has 1 atom stereocenters. The minimum absolute atomic E-state index is 0.400. The van der Waals surface area contributed by atoms with Crippen LogP contribution in [-0.4, -0.2) is 0 Å². The van der Waals surface area contributed by atoms with Gasteiger partial charge < -0.3 is 5.21 Å². The molecule has 10 heavy (non-hydrogen) atoms. The van der Waals surface area contributed by atoms with Gasteiger partial charge in [-0.3, -0.25) is 0 Å². The van der Waals surface area contributed by atoms with Gasteiger partial charge in [0, 0.05) is 0 Å². The molecule has 0 bridgehead atoms. The van der Waals surface area contributed by atoms with Gasteiger partial charge in [0.1, 0.15) is 0 Å². The van der Waals surface area contributed by atoms with Crippen LogP contribution in [0.15, 0.2) is 11.6 Å². The molecule has 0 aliphatic carbocycles. The Balaban J connectivity index is 2.82. The van der Waals surface area contributed by atoms with Gasteiger partial charge in [0.15, 0.2) is 6.20 Å². The van der Waals surface area contributed by atoms with Crippen molar-refractivity contribution in [3.8, 4) is 0 Å². The number of rotatable bonds is 2. The zero-order valence-corrected chi connectivity index (χ0v) is 7.02. The molecule has 56 valence electrons. The molecule has 2 nitrogen and oxygen atoms in total. The molecule has 3 heteroatoms. The molecule has 0 N–H and O–H groups in total. The molecule has 0 spiro atoms. The lowest BCUT2D eigenvalue weighted by atomic mass is 10.1. The number of hydrogen-bond acceptors (Lipinski definition) is 2. The summed E-state index contributed by atoms with van der Waals surface area (Å²) in [6, 6.07) is 0. The highest BCUT2D eigenvalue weighted by Crippen LogP contribution is 2.18. The number of nitrogens with zero attached hydrogens (tertiary/aromatic N) is 1. The Hall–Kier alpha value is -0.570. The molecule has 0 amide bonds. The molecule has 0 aromatic carbocycles. The van der Waals surface area contributed by atoms with E-state index in [2.05, 4.69) is 13.8 Å². The molecule has 1 heterocycles. The van der Waals surface area contributed by atoms with Gasteiger partial charge in [-0.1, -0.05) is 25.2 Å². The fraction of sp³-hybridized carbons (Fsp3) is 0.571.